The lowest BCUT2D eigenvalue weighted by Crippen LogP contribution is -2.35. The zero-order chi connectivity index (χ0) is 28.6. The van der Waals surface area contributed by atoms with Crippen molar-refractivity contribution < 1.29 is 18.0 Å². The van der Waals surface area contributed by atoms with Crippen LogP contribution in [0, 0.1) is 6.92 Å². The Kier molecular flexibility index (Phi) is 8.13. The fourth-order valence-corrected chi connectivity index (χ4v) is 7.06. The van der Waals surface area contributed by atoms with E-state index in [0.717, 1.165) is 34.6 Å². The summed E-state index contributed by atoms with van der Waals surface area (Å²) in [7, 11) is -1.15. The molecular formula is C30H36N4O4S2. The number of carbonyl (C=O) groups is 2. The molecule has 1 N–H and O–H groups in total. The SMILES string of the molecule is Cc1ccsc1C[C@H](C)N=C1C=CCC(=O)C1=C1Cc2cc3c(cc2N1)CN(CCN(C)CCS(C)(=O)=O)C3=O. The second kappa shape index (κ2) is 11.4. The van der Waals surface area contributed by atoms with E-state index in [4.69, 9.17) is 4.99 Å². The Balaban J connectivity index is 1.30. The molecule has 0 spiro atoms. The highest BCUT2D eigenvalue weighted by Gasteiger charge is 2.32. The average molecular weight is 581 g/mol. The second-order valence-corrected chi connectivity index (χ2v) is 14.4. The van der Waals surface area contributed by atoms with Gasteiger partial charge >= 0.3 is 0 Å². The summed E-state index contributed by atoms with van der Waals surface area (Å²) < 4.78 is 22.9. The zero-order valence-electron chi connectivity index (χ0n) is 23.5. The summed E-state index contributed by atoms with van der Waals surface area (Å²) in [6.07, 6.45) is 6.83. The van der Waals surface area contributed by atoms with E-state index < -0.39 is 9.84 Å². The molecule has 1 aromatic heterocycles. The van der Waals surface area contributed by atoms with Crippen molar-refractivity contribution in [2.75, 3.05) is 44.0 Å². The Morgan fingerprint density at radius 1 is 1.20 bits per heavy atom. The van der Waals surface area contributed by atoms with Gasteiger partial charge in [-0.1, -0.05) is 6.08 Å². The van der Waals surface area contributed by atoms with Gasteiger partial charge in [-0.15, -0.1) is 11.3 Å². The Morgan fingerprint density at radius 3 is 2.73 bits per heavy atom. The molecule has 8 nitrogen and oxygen atoms in total. The third kappa shape index (κ3) is 6.29. The summed E-state index contributed by atoms with van der Waals surface area (Å²) >= 11 is 1.74. The molecule has 2 aromatic rings. The van der Waals surface area contributed by atoms with Crippen LogP contribution in [-0.2, 0) is 34.0 Å². The first kappa shape index (κ1) is 28.4. The maximum Gasteiger partial charge on any atom is 0.254 e. The molecule has 10 heteroatoms. The molecule has 212 valence electrons. The van der Waals surface area contributed by atoms with Gasteiger partial charge in [-0.2, -0.15) is 0 Å². The lowest BCUT2D eigenvalue weighted by atomic mass is 9.93. The molecule has 0 fully saturated rings. The number of fused-ring (bicyclic) bond motifs is 2. The van der Waals surface area contributed by atoms with Crippen LogP contribution in [0.4, 0.5) is 5.69 Å². The van der Waals surface area contributed by atoms with Crippen LogP contribution in [0.25, 0.3) is 0 Å². The van der Waals surface area contributed by atoms with Crippen molar-refractivity contribution in [2.45, 2.75) is 45.7 Å². The summed E-state index contributed by atoms with van der Waals surface area (Å²) in [4.78, 5) is 36.3. The van der Waals surface area contributed by atoms with Gasteiger partial charge in [-0.3, -0.25) is 14.6 Å². The molecule has 2 aliphatic heterocycles. The maximum atomic E-state index is 13.2. The molecule has 0 saturated heterocycles. The van der Waals surface area contributed by atoms with Crippen molar-refractivity contribution in [1.29, 1.82) is 0 Å². The van der Waals surface area contributed by atoms with E-state index in [-0.39, 0.29) is 23.5 Å². The summed E-state index contributed by atoms with van der Waals surface area (Å²) in [5, 5.41) is 5.58. The number of nitrogens with zero attached hydrogens (tertiary/aromatic N) is 3. The van der Waals surface area contributed by atoms with Gasteiger partial charge in [0.05, 0.1) is 23.1 Å². The average Bonchev–Trinajstić information content (AvgIpc) is 3.56. The van der Waals surface area contributed by atoms with Crippen LogP contribution in [0.1, 0.15) is 45.3 Å². The molecule has 0 saturated carbocycles. The summed E-state index contributed by atoms with van der Waals surface area (Å²) in [6, 6.07) is 6.16. The van der Waals surface area contributed by atoms with Crippen LogP contribution in [0.3, 0.4) is 0 Å². The van der Waals surface area contributed by atoms with Gasteiger partial charge in [-0.25, -0.2) is 8.42 Å². The highest BCUT2D eigenvalue weighted by Crippen LogP contribution is 2.36. The Morgan fingerprint density at radius 2 is 2.00 bits per heavy atom. The predicted molar refractivity (Wildman–Crippen MR) is 161 cm³/mol. The van der Waals surface area contributed by atoms with Crippen molar-refractivity contribution >= 4 is 44.3 Å². The van der Waals surface area contributed by atoms with Gasteiger partial charge in [0.15, 0.2) is 5.78 Å². The molecule has 0 bridgehead atoms. The first-order valence-corrected chi connectivity index (χ1v) is 16.5. The smallest absolute Gasteiger partial charge is 0.254 e. The monoisotopic (exact) mass is 580 g/mol. The van der Waals surface area contributed by atoms with E-state index in [0.29, 0.717) is 50.2 Å². The van der Waals surface area contributed by atoms with Gasteiger partial charge in [0.2, 0.25) is 0 Å². The second-order valence-electron chi connectivity index (χ2n) is 11.1. The standard InChI is InChI=1S/C30H36N4O4S2/c1-19-8-12-39-28(19)14-20(2)31-24-6-5-7-27(35)29(24)26-16-21-15-23-22(17-25(21)32-26)18-34(30(23)36)10-9-33(3)11-13-40(4,37)38/h5-6,8,12,15,17,20,32H,7,9-11,13-14,16,18H2,1-4H3/t20-/m0/s1. The van der Waals surface area contributed by atoms with Crippen LogP contribution in [-0.4, -0.2) is 80.4 Å². The highest BCUT2D eigenvalue weighted by atomic mass is 32.2. The Hall–Kier alpha value is -3.08. The van der Waals surface area contributed by atoms with Gasteiger partial charge in [0, 0.05) is 73.5 Å². The topological polar surface area (TPSA) is 99.2 Å². The summed E-state index contributed by atoms with van der Waals surface area (Å²) in [6.45, 7) is 6.29. The number of benzene rings is 1. The van der Waals surface area contributed by atoms with E-state index in [1.54, 1.807) is 11.3 Å². The number of aryl methyl sites for hydroxylation is 1. The van der Waals surface area contributed by atoms with Crippen molar-refractivity contribution in [1.82, 2.24) is 9.80 Å². The molecule has 0 radical (unpaired) electrons. The largest absolute Gasteiger partial charge is 0.358 e. The number of rotatable bonds is 9. The first-order chi connectivity index (χ1) is 19.0. The number of amides is 1. The predicted octanol–water partition coefficient (Wildman–Crippen LogP) is 3.81. The number of sulfone groups is 1. The summed E-state index contributed by atoms with van der Waals surface area (Å²) in [5.41, 5.74) is 7.11. The molecule has 3 heterocycles. The quantitative estimate of drug-likeness (QED) is 0.453. The van der Waals surface area contributed by atoms with E-state index in [2.05, 4.69) is 30.6 Å². The van der Waals surface area contributed by atoms with Crippen molar-refractivity contribution in [3.8, 4) is 0 Å². The fraction of sp³-hybridized carbons (Fsp3) is 0.433. The van der Waals surface area contributed by atoms with E-state index in [1.807, 2.05) is 41.1 Å². The molecule has 0 unspecified atom stereocenters. The molecule has 5 rings (SSSR count). The molecule has 3 aliphatic rings. The number of carbonyl (C=O) groups excluding carboxylic acids is 2. The van der Waals surface area contributed by atoms with Gasteiger partial charge in [0.1, 0.15) is 9.84 Å². The third-order valence-electron chi connectivity index (χ3n) is 7.68. The summed E-state index contributed by atoms with van der Waals surface area (Å²) in [5.74, 6) is 0.157. The Labute approximate surface area is 240 Å². The number of anilines is 1. The van der Waals surface area contributed by atoms with Crippen LogP contribution in [0.15, 0.2) is 52.0 Å². The number of thiophene rings is 1. The number of hydrogen-bond donors (Lipinski definition) is 1. The van der Waals surface area contributed by atoms with Gasteiger partial charge in [-0.05, 0) is 67.2 Å². The van der Waals surface area contributed by atoms with Crippen LogP contribution in [0.2, 0.25) is 0 Å². The fourth-order valence-electron chi connectivity index (χ4n) is 5.38. The molecule has 1 amide bonds. The normalized spacial score (nSPS) is 20.4. The number of likely N-dealkylation sites (N-methyl/N-ethyl adjacent to an activating group) is 1. The Bertz CT molecular complexity index is 1550. The van der Waals surface area contributed by atoms with E-state index in [9.17, 15) is 18.0 Å². The first-order valence-electron chi connectivity index (χ1n) is 13.6. The maximum absolute atomic E-state index is 13.2. The van der Waals surface area contributed by atoms with Crippen molar-refractivity contribution in [2.24, 2.45) is 4.99 Å². The zero-order valence-corrected chi connectivity index (χ0v) is 25.1. The minimum atomic E-state index is -3.02. The lowest BCUT2D eigenvalue weighted by molar-refractivity contribution is -0.114. The van der Waals surface area contributed by atoms with Crippen molar-refractivity contribution in [3.63, 3.8) is 0 Å². The van der Waals surface area contributed by atoms with Crippen LogP contribution < -0.4 is 5.32 Å². The number of ketones is 1. The van der Waals surface area contributed by atoms with Gasteiger partial charge < -0.3 is 15.1 Å². The molecule has 1 aromatic carbocycles. The van der Waals surface area contributed by atoms with E-state index in [1.165, 1.54) is 16.7 Å². The van der Waals surface area contributed by atoms with E-state index >= 15 is 0 Å². The highest BCUT2D eigenvalue weighted by molar-refractivity contribution is 7.90. The molecule has 1 atom stereocenters. The lowest BCUT2D eigenvalue weighted by Gasteiger charge is -2.21. The van der Waals surface area contributed by atoms with Gasteiger partial charge in [0.25, 0.3) is 5.91 Å². The number of allylic oxidation sites excluding steroid dienone is 4. The number of Topliss-reactive ketones (excluding diaryl/α,β-unsaturated/α-hetero) is 1. The number of nitrogens with one attached hydrogen (secondary N) is 1. The third-order valence-corrected chi connectivity index (χ3v) is 9.65. The molecular weight excluding hydrogens is 544 g/mol. The molecule has 1 aliphatic carbocycles. The number of hydrogen-bond acceptors (Lipinski definition) is 8. The van der Waals surface area contributed by atoms with Crippen LogP contribution in [0.5, 0.6) is 0 Å². The minimum Gasteiger partial charge on any atom is -0.358 e. The number of aliphatic imine (C=N–C) groups is 1. The minimum absolute atomic E-state index is 0.00737. The molecule has 40 heavy (non-hydrogen) atoms. The van der Waals surface area contributed by atoms with Crippen molar-refractivity contribution in [3.05, 3.63) is 74.1 Å². The van der Waals surface area contributed by atoms with Crippen LogP contribution >= 0.6 is 11.3 Å².